The Morgan fingerprint density at radius 2 is 1.88 bits per heavy atom. The topological polar surface area (TPSA) is 84.7 Å². The quantitative estimate of drug-likeness (QED) is 0.284. The number of cyclic esters (lactones) is 1. The highest BCUT2D eigenvalue weighted by molar-refractivity contribution is 5.88. The van der Waals surface area contributed by atoms with Crippen molar-refractivity contribution in [3.63, 3.8) is 0 Å². The van der Waals surface area contributed by atoms with Crippen LogP contribution in [0.3, 0.4) is 0 Å². The first kappa shape index (κ1) is 28.0. The molecule has 0 spiro atoms. The SMILES string of the molecule is CC[C@@]1(O)C(=O)OCc2c1cc1n(c2=O)Cc2cc3cccc(CCN(Cc4ccccc4)C(C)C)c3nc2-1.Cl. The zero-order valence-corrected chi connectivity index (χ0v) is 23.8. The van der Waals surface area contributed by atoms with Crippen molar-refractivity contribution in [2.24, 2.45) is 0 Å². The number of fused-ring (bicyclic) bond motifs is 5. The Bertz CT molecular complexity index is 1650. The van der Waals surface area contributed by atoms with E-state index in [4.69, 9.17) is 9.72 Å². The molecule has 208 valence electrons. The van der Waals surface area contributed by atoms with Crippen molar-refractivity contribution in [3.05, 3.63) is 98.8 Å². The second kappa shape index (κ2) is 10.8. The fourth-order valence-corrected chi connectivity index (χ4v) is 5.87. The smallest absolute Gasteiger partial charge is 0.343 e. The molecule has 0 saturated heterocycles. The molecule has 0 bridgehead atoms. The molecule has 1 atom stereocenters. The van der Waals surface area contributed by atoms with E-state index in [2.05, 4.69) is 67.3 Å². The number of esters is 1. The number of aliphatic hydroxyl groups is 1. The van der Waals surface area contributed by atoms with Gasteiger partial charge in [-0.1, -0.05) is 55.5 Å². The van der Waals surface area contributed by atoms with Crippen molar-refractivity contribution < 1.29 is 14.6 Å². The molecule has 2 aliphatic heterocycles. The third-order valence-electron chi connectivity index (χ3n) is 8.25. The highest BCUT2D eigenvalue weighted by atomic mass is 35.5. The largest absolute Gasteiger partial charge is 0.458 e. The predicted octanol–water partition coefficient (Wildman–Crippen LogP) is 4.95. The van der Waals surface area contributed by atoms with Crippen LogP contribution in [0.5, 0.6) is 0 Å². The van der Waals surface area contributed by atoms with E-state index >= 15 is 0 Å². The van der Waals surface area contributed by atoms with Crippen LogP contribution >= 0.6 is 12.4 Å². The molecule has 4 aromatic rings. The summed E-state index contributed by atoms with van der Waals surface area (Å²) in [6.07, 6.45) is 0.964. The van der Waals surface area contributed by atoms with Gasteiger partial charge in [0.05, 0.1) is 29.0 Å². The van der Waals surface area contributed by atoms with Gasteiger partial charge in [-0.2, -0.15) is 0 Å². The van der Waals surface area contributed by atoms with Gasteiger partial charge in [0.25, 0.3) is 5.56 Å². The van der Waals surface area contributed by atoms with E-state index in [1.165, 1.54) is 5.56 Å². The number of nitrogens with zero attached hydrogens (tertiary/aromatic N) is 3. The lowest BCUT2D eigenvalue weighted by molar-refractivity contribution is -0.172. The number of pyridine rings is 2. The minimum Gasteiger partial charge on any atom is -0.458 e. The number of carbonyl (C=O) groups excluding carboxylic acids is 1. The standard InChI is InChI=1S/C32H33N3O4.ClH/c1-4-32(38)26-16-27-29-24(18-35(27)30(36)25(26)19-39-31(32)37)15-23-12-8-11-22(28(23)33-29)13-14-34(20(2)3)17-21-9-6-5-7-10-21;/h5-12,15-16,20,38H,4,13-14,17-19H2,1-3H3;1H/t32-;/m0./s1. The number of para-hydroxylation sites is 1. The van der Waals surface area contributed by atoms with Crippen LogP contribution in [0.25, 0.3) is 22.3 Å². The molecule has 2 aliphatic rings. The average Bonchev–Trinajstić information content (AvgIpc) is 3.30. The molecule has 2 aromatic carbocycles. The molecule has 40 heavy (non-hydrogen) atoms. The van der Waals surface area contributed by atoms with Gasteiger partial charge in [0.1, 0.15) is 6.61 Å². The maximum Gasteiger partial charge on any atom is 0.343 e. The number of halogens is 1. The van der Waals surface area contributed by atoms with Crippen LogP contribution < -0.4 is 5.56 Å². The van der Waals surface area contributed by atoms with Gasteiger partial charge in [-0.3, -0.25) is 9.69 Å². The minimum atomic E-state index is -1.83. The monoisotopic (exact) mass is 559 g/mol. The fraction of sp³-hybridized carbons (Fsp3) is 0.344. The zero-order valence-electron chi connectivity index (χ0n) is 23.0. The van der Waals surface area contributed by atoms with Crippen molar-refractivity contribution in [3.8, 4) is 11.4 Å². The molecule has 1 N–H and O–H groups in total. The fourth-order valence-electron chi connectivity index (χ4n) is 5.87. The van der Waals surface area contributed by atoms with E-state index in [0.29, 0.717) is 29.4 Å². The summed E-state index contributed by atoms with van der Waals surface area (Å²) in [5.41, 5.74) is 4.31. The summed E-state index contributed by atoms with van der Waals surface area (Å²) < 4.78 is 6.87. The number of carbonyl (C=O) groups is 1. The minimum absolute atomic E-state index is 0. The van der Waals surface area contributed by atoms with Gasteiger partial charge >= 0.3 is 5.97 Å². The molecule has 2 aromatic heterocycles. The van der Waals surface area contributed by atoms with Gasteiger partial charge in [-0.15, -0.1) is 12.4 Å². The second-order valence-electron chi connectivity index (χ2n) is 10.9. The molecule has 7 nitrogen and oxygen atoms in total. The van der Waals surface area contributed by atoms with E-state index in [-0.39, 0.29) is 31.0 Å². The lowest BCUT2D eigenvalue weighted by Gasteiger charge is -2.31. The first-order chi connectivity index (χ1) is 18.8. The van der Waals surface area contributed by atoms with Crippen LogP contribution in [0.15, 0.2) is 65.5 Å². The predicted molar refractivity (Wildman–Crippen MR) is 157 cm³/mol. The normalized spacial score (nSPS) is 17.4. The molecular formula is C32H34ClN3O4. The van der Waals surface area contributed by atoms with Gasteiger partial charge in [-0.05, 0) is 49.9 Å². The molecule has 4 heterocycles. The van der Waals surface area contributed by atoms with Gasteiger partial charge in [0.15, 0.2) is 5.60 Å². The van der Waals surface area contributed by atoms with Crippen LogP contribution in [0.4, 0.5) is 0 Å². The number of hydrogen-bond acceptors (Lipinski definition) is 6. The molecule has 6 rings (SSSR count). The van der Waals surface area contributed by atoms with Gasteiger partial charge in [0, 0.05) is 35.6 Å². The van der Waals surface area contributed by atoms with Crippen molar-refractivity contribution in [1.82, 2.24) is 14.5 Å². The Morgan fingerprint density at radius 3 is 2.60 bits per heavy atom. The van der Waals surface area contributed by atoms with E-state index in [1.807, 2.05) is 6.07 Å². The van der Waals surface area contributed by atoms with Crippen molar-refractivity contribution in [1.29, 1.82) is 0 Å². The molecule has 0 aliphatic carbocycles. The van der Waals surface area contributed by atoms with Gasteiger partial charge in [0.2, 0.25) is 0 Å². The van der Waals surface area contributed by atoms with Crippen molar-refractivity contribution >= 4 is 29.3 Å². The van der Waals surface area contributed by atoms with E-state index in [0.717, 1.165) is 47.2 Å². The molecule has 0 unspecified atom stereocenters. The number of rotatable bonds is 7. The Morgan fingerprint density at radius 1 is 1.10 bits per heavy atom. The van der Waals surface area contributed by atoms with Crippen LogP contribution in [0, 0.1) is 0 Å². The molecule has 0 radical (unpaired) electrons. The van der Waals surface area contributed by atoms with Crippen LogP contribution in [-0.2, 0) is 41.2 Å². The Labute approximate surface area is 239 Å². The summed E-state index contributed by atoms with van der Waals surface area (Å²) in [5, 5.41) is 12.2. The Kier molecular flexibility index (Phi) is 7.57. The molecule has 0 saturated carbocycles. The number of ether oxygens (including phenoxy) is 1. The Balaban J connectivity index is 0.00000323. The summed E-state index contributed by atoms with van der Waals surface area (Å²) in [6, 6.07) is 21.1. The first-order valence-electron chi connectivity index (χ1n) is 13.7. The lowest BCUT2D eigenvalue weighted by atomic mass is 9.86. The molecule has 8 heteroatoms. The Hall–Kier alpha value is -3.52. The number of aromatic nitrogens is 2. The summed E-state index contributed by atoms with van der Waals surface area (Å²) >= 11 is 0. The zero-order chi connectivity index (χ0) is 27.3. The van der Waals surface area contributed by atoms with E-state index < -0.39 is 11.6 Å². The molecule has 0 fully saturated rings. The summed E-state index contributed by atoms with van der Waals surface area (Å²) in [4.78, 5) is 33.5. The third kappa shape index (κ3) is 4.62. The summed E-state index contributed by atoms with van der Waals surface area (Å²) in [5.74, 6) is -0.709. The highest BCUT2D eigenvalue weighted by Gasteiger charge is 2.45. The van der Waals surface area contributed by atoms with Crippen molar-refractivity contribution in [2.45, 2.75) is 65.0 Å². The summed E-state index contributed by atoms with van der Waals surface area (Å²) in [7, 11) is 0. The first-order valence-corrected chi connectivity index (χ1v) is 13.7. The van der Waals surface area contributed by atoms with Crippen LogP contribution in [-0.4, -0.2) is 38.1 Å². The lowest BCUT2D eigenvalue weighted by Crippen LogP contribution is -2.44. The van der Waals surface area contributed by atoms with Gasteiger partial charge < -0.3 is 14.4 Å². The molecule has 0 amide bonds. The van der Waals surface area contributed by atoms with Crippen molar-refractivity contribution in [2.75, 3.05) is 6.54 Å². The van der Waals surface area contributed by atoms with Crippen LogP contribution in [0.1, 0.15) is 55.0 Å². The van der Waals surface area contributed by atoms with Crippen LogP contribution in [0.2, 0.25) is 0 Å². The number of benzene rings is 2. The molecular weight excluding hydrogens is 526 g/mol. The maximum atomic E-state index is 13.5. The summed E-state index contributed by atoms with van der Waals surface area (Å²) in [6.45, 7) is 8.21. The van der Waals surface area contributed by atoms with E-state index in [9.17, 15) is 14.7 Å². The maximum absolute atomic E-state index is 13.5. The van der Waals surface area contributed by atoms with Gasteiger partial charge in [-0.25, -0.2) is 9.78 Å². The van der Waals surface area contributed by atoms with E-state index in [1.54, 1.807) is 17.6 Å². The second-order valence-corrected chi connectivity index (χ2v) is 10.9. The number of hydrogen-bond donors (Lipinski definition) is 1. The third-order valence-corrected chi connectivity index (χ3v) is 8.25. The highest BCUT2D eigenvalue weighted by Crippen LogP contribution is 2.39. The average molecular weight is 560 g/mol.